The summed E-state index contributed by atoms with van der Waals surface area (Å²) >= 11 is 1.64. The minimum atomic E-state index is -3.71. The molecule has 146 valence electrons. The van der Waals surface area contributed by atoms with Crippen molar-refractivity contribution >= 4 is 27.3 Å². The van der Waals surface area contributed by atoms with Crippen LogP contribution in [0.2, 0.25) is 0 Å². The molecule has 1 aliphatic rings. The Labute approximate surface area is 164 Å². The van der Waals surface area contributed by atoms with Crippen LogP contribution in [0, 0.1) is 6.92 Å². The third-order valence-corrected chi connectivity index (χ3v) is 6.87. The molecular weight excluding hydrogens is 384 g/mol. The first kappa shape index (κ1) is 19.9. The number of aromatic nitrogens is 1. The van der Waals surface area contributed by atoms with Crippen LogP contribution in [0.1, 0.15) is 17.6 Å². The van der Waals surface area contributed by atoms with Crippen LogP contribution in [0.25, 0.3) is 0 Å². The highest BCUT2D eigenvalue weighted by molar-refractivity contribution is 7.89. The number of aryl methyl sites for hydroxylation is 1. The van der Waals surface area contributed by atoms with Crippen LogP contribution in [0.3, 0.4) is 0 Å². The summed E-state index contributed by atoms with van der Waals surface area (Å²) in [7, 11) is -3.71. The number of nitrogens with zero attached hydrogens (tertiary/aromatic N) is 3. The van der Waals surface area contributed by atoms with Crippen molar-refractivity contribution in [1.82, 2.24) is 19.5 Å². The molecule has 1 atom stereocenters. The second-order valence-electron chi connectivity index (χ2n) is 6.62. The molecule has 1 fully saturated rings. The van der Waals surface area contributed by atoms with E-state index in [-0.39, 0.29) is 10.8 Å². The summed E-state index contributed by atoms with van der Waals surface area (Å²) in [6.07, 6.45) is 0. The van der Waals surface area contributed by atoms with Gasteiger partial charge in [-0.3, -0.25) is 9.69 Å². The van der Waals surface area contributed by atoms with E-state index in [1.165, 1.54) is 12.1 Å². The van der Waals surface area contributed by atoms with E-state index in [0.717, 1.165) is 30.3 Å². The fraction of sp³-hybridized carbons (Fsp3) is 0.444. The third-order valence-electron chi connectivity index (χ3n) is 4.49. The van der Waals surface area contributed by atoms with Gasteiger partial charge in [0.05, 0.1) is 21.6 Å². The zero-order chi connectivity index (χ0) is 19.4. The monoisotopic (exact) mass is 408 g/mol. The van der Waals surface area contributed by atoms with Crippen molar-refractivity contribution in [3.63, 3.8) is 0 Å². The van der Waals surface area contributed by atoms with Crippen LogP contribution in [-0.4, -0.2) is 61.3 Å². The molecule has 7 nitrogen and oxygen atoms in total. The predicted octanol–water partition coefficient (Wildman–Crippen LogP) is 1.46. The van der Waals surface area contributed by atoms with E-state index in [0.29, 0.717) is 13.1 Å². The van der Waals surface area contributed by atoms with Gasteiger partial charge in [0, 0.05) is 38.1 Å². The Balaban J connectivity index is 1.52. The van der Waals surface area contributed by atoms with E-state index in [1.54, 1.807) is 41.4 Å². The van der Waals surface area contributed by atoms with Crippen molar-refractivity contribution in [3.8, 4) is 0 Å². The van der Waals surface area contributed by atoms with Gasteiger partial charge in [0.25, 0.3) is 0 Å². The van der Waals surface area contributed by atoms with Crippen LogP contribution in [0.4, 0.5) is 0 Å². The average Bonchev–Trinajstić information content (AvgIpc) is 3.07. The smallest absolute Gasteiger partial charge is 0.241 e. The fourth-order valence-corrected chi connectivity index (χ4v) is 4.88. The predicted molar refractivity (Wildman–Crippen MR) is 105 cm³/mol. The van der Waals surface area contributed by atoms with Gasteiger partial charge in [-0.05, 0) is 26.0 Å². The standard InChI is InChI=1S/C18H24N4O3S2/c1-14(20-27(24,25)17-6-4-3-5-7-17)18(23)22-10-8-21(9-11-22)12-16-13-26-15(2)19-16/h3-7,13-14,20H,8-12H2,1-2H3/t14-/m0/s1. The Morgan fingerprint density at radius 2 is 1.89 bits per heavy atom. The molecule has 0 bridgehead atoms. The molecule has 9 heteroatoms. The molecule has 0 spiro atoms. The Hall–Kier alpha value is -1.81. The summed E-state index contributed by atoms with van der Waals surface area (Å²) in [5.41, 5.74) is 1.06. The van der Waals surface area contributed by atoms with Crippen molar-refractivity contribution in [2.75, 3.05) is 26.2 Å². The second kappa shape index (κ2) is 8.47. The van der Waals surface area contributed by atoms with Crippen molar-refractivity contribution in [2.45, 2.75) is 31.3 Å². The summed E-state index contributed by atoms with van der Waals surface area (Å²) in [4.78, 5) is 21.3. The number of carbonyl (C=O) groups is 1. The number of hydrogen-bond acceptors (Lipinski definition) is 6. The van der Waals surface area contributed by atoms with Gasteiger partial charge in [-0.15, -0.1) is 11.3 Å². The van der Waals surface area contributed by atoms with Gasteiger partial charge >= 0.3 is 0 Å². The number of thiazole rings is 1. The normalized spacial score (nSPS) is 17.0. The summed E-state index contributed by atoms with van der Waals surface area (Å²) in [5.74, 6) is -0.196. The first-order valence-corrected chi connectivity index (χ1v) is 11.2. The molecule has 3 rings (SSSR count). The first-order valence-electron chi connectivity index (χ1n) is 8.85. The molecule has 1 saturated heterocycles. The van der Waals surface area contributed by atoms with Gasteiger partial charge < -0.3 is 4.90 Å². The van der Waals surface area contributed by atoms with Gasteiger partial charge in [-0.2, -0.15) is 4.72 Å². The number of sulfonamides is 1. The molecule has 1 amide bonds. The number of nitrogens with one attached hydrogen (secondary N) is 1. The number of amides is 1. The lowest BCUT2D eigenvalue weighted by atomic mass is 10.2. The maximum absolute atomic E-state index is 12.6. The molecule has 0 unspecified atom stereocenters. The Morgan fingerprint density at radius 3 is 2.48 bits per heavy atom. The topological polar surface area (TPSA) is 82.6 Å². The maximum atomic E-state index is 12.6. The van der Waals surface area contributed by atoms with Gasteiger partial charge in [0.1, 0.15) is 0 Å². The summed E-state index contributed by atoms with van der Waals surface area (Å²) in [5, 5.41) is 3.12. The second-order valence-corrected chi connectivity index (χ2v) is 9.39. The van der Waals surface area contributed by atoms with Gasteiger partial charge in [0.2, 0.25) is 15.9 Å². The molecule has 0 aliphatic carbocycles. The first-order chi connectivity index (χ1) is 12.8. The molecule has 2 heterocycles. The molecule has 1 aliphatic heterocycles. The van der Waals surface area contributed by atoms with Crippen LogP contribution < -0.4 is 4.72 Å². The van der Waals surface area contributed by atoms with Crippen LogP contribution >= 0.6 is 11.3 Å². The summed E-state index contributed by atoms with van der Waals surface area (Å²) < 4.78 is 27.3. The molecule has 0 radical (unpaired) electrons. The highest BCUT2D eigenvalue weighted by Crippen LogP contribution is 2.13. The molecule has 27 heavy (non-hydrogen) atoms. The van der Waals surface area contributed by atoms with Gasteiger partial charge in [0.15, 0.2) is 0 Å². The number of benzene rings is 1. The molecule has 2 aromatic rings. The lowest BCUT2D eigenvalue weighted by Gasteiger charge is -2.35. The van der Waals surface area contributed by atoms with E-state index < -0.39 is 16.1 Å². The molecule has 1 aromatic heterocycles. The van der Waals surface area contributed by atoms with E-state index in [2.05, 4.69) is 20.0 Å². The molecular formula is C18H24N4O3S2. The van der Waals surface area contributed by atoms with Crippen molar-refractivity contribution in [2.24, 2.45) is 0 Å². The lowest BCUT2D eigenvalue weighted by molar-refractivity contribution is -0.134. The number of piperazine rings is 1. The highest BCUT2D eigenvalue weighted by atomic mass is 32.2. The lowest BCUT2D eigenvalue weighted by Crippen LogP contribution is -2.53. The fourth-order valence-electron chi connectivity index (χ4n) is 3.06. The van der Waals surface area contributed by atoms with E-state index in [1.807, 2.05) is 6.92 Å². The van der Waals surface area contributed by atoms with Crippen LogP contribution in [0.15, 0.2) is 40.6 Å². The Morgan fingerprint density at radius 1 is 1.22 bits per heavy atom. The van der Waals surface area contributed by atoms with Crippen molar-refractivity contribution in [3.05, 3.63) is 46.4 Å². The minimum absolute atomic E-state index is 0.160. The van der Waals surface area contributed by atoms with E-state index >= 15 is 0 Å². The van der Waals surface area contributed by atoms with E-state index in [9.17, 15) is 13.2 Å². The van der Waals surface area contributed by atoms with Crippen LogP contribution in [0.5, 0.6) is 0 Å². The van der Waals surface area contributed by atoms with Crippen LogP contribution in [-0.2, 0) is 21.4 Å². The van der Waals surface area contributed by atoms with Gasteiger partial charge in [-0.1, -0.05) is 18.2 Å². The number of rotatable bonds is 6. The van der Waals surface area contributed by atoms with Gasteiger partial charge in [-0.25, -0.2) is 13.4 Å². The zero-order valence-electron chi connectivity index (χ0n) is 15.5. The Bertz CT molecular complexity index is 875. The Kier molecular flexibility index (Phi) is 6.25. The highest BCUT2D eigenvalue weighted by Gasteiger charge is 2.28. The minimum Gasteiger partial charge on any atom is -0.339 e. The number of hydrogen-bond donors (Lipinski definition) is 1. The molecule has 1 aromatic carbocycles. The quantitative estimate of drug-likeness (QED) is 0.783. The summed E-state index contributed by atoms with van der Waals surface area (Å²) in [6, 6.07) is 7.29. The van der Waals surface area contributed by atoms with Crippen molar-refractivity contribution < 1.29 is 13.2 Å². The summed E-state index contributed by atoms with van der Waals surface area (Å²) in [6.45, 7) is 7.03. The molecule has 1 N–H and O–H groups in total. The number of carbonyl (C=O) groups excluding carboxylic acids is 1. The average molecular weight is 409 g/mol. The van der Waals surface area contributed by atoms with Crippen molar-refractivity contribution in [1.29, 1.82) is 0 Å². The third kappa shape index (κ3) is 5.13. The zero-order valence-corrected chi connectivity index (χ0v) is 17.1. The van der Waals surface area contributed by atoms with E-state index in [4.69, 9.17) is 0 Å². The maximum Gasteiger partial charge on any atom is 0.241 e. The SMILES string of the molecule is Cc1nc(CN2CCN(C(=O)[C@H](C)NS(=O)(=O)c3ccccc3)CC2)cs1. The largest absolute Gasteiger partial charge is 0.339 e. The molecule has 0 saturated carbocycles.